The third-order valence-electron chi connectivity index (χ3n) is 3.81. The van der Waals surface area contributed by atoms with Crippen LogP contribution < -0.4 is 14.8 Å². The second-order valence-electron chi connectivity index (χ2n) is 4.82. The lowest BCUT2D eigenvalue weighted by atomic mass is 9.97. The number of fused-ring (bicyclic) bond motifs is 2. The molecule has 1 aromatic rings. The highest BCUT2D eigenvalue weighted by Gasteiger charge is 2.30. The molecule has 0 fully saturated rings. The van der Waals surface area contributed by atoms with E-state index in [0.29, 0.717) is 5.75 Å². The first-order valence-corrected chi connectivity index (χ1v) is 6.65. The van der Waals surface area contributed by atoms with Crippen molar-refractivity contribution in [2.75, 3.05) is 20.4 Å². The topological polar surface area (TPSA) is 50.8 Å². The van der Waals surface area contributed by atoms with Crippen LogP contribution in [-0.4, -0.2) is 37.4 Å². The van der Waals surface area contributed by atoms with Crippen molar-refractivity contribution in [2.24, 2.45) is 0 Å². The van der Waals surface area contributed by atoms with E-state index in [1.807, 2.05) is 24.1 Å². The summed E-state index contributed by atoms with van der Waals surface area (Å²) in [6.45, 7) is 3.05. The van der Waals surface area contributed by atoms with Gasteiger partial charge in [-0.2, -0.15) is 0 Å². The number of hydrogen-bond donors (Lipinski definition) is 1. The van der Waals surface area contributed by atoms with Gasteiger partial charge in [-0.25, -0.2) is 0 Å². The van der Waals surface area contributed by atoms with Crippen molar-refractivity contribution < 1.29 is 14.3 Å². The molecule has 1 unspecified atom stereocenters. The number of benzene rings is 1. The Morgan fingerprint density at radius 1 is 1.37 bits per heavy atom. The molecule has 1 amide bonds. The zero-order valence-electron chi connectivity index (χ0n) is 11.2. The number of hydrogen-bond acceptors (Lipinski definition) is 4. The molecule has 5 nitrogen and oxygen atoms in total. The maximum atomic E-state index is 12.6. The highest BCUT2D eigenvalue weighted by Crippen LogP contribution is 2.36. The highest BCUT2D eigenvalue weighted by atomic mass is 16.7. The summed E-state index contributed by atoms with van der Waals surface area (Å²) in [5, 5.41) is 3.18. The second-order valence-corrected chi connectivity index (χ2v) is 4.82. The van der Waals surface area contributed by atoms with Crippen molar-refractivity contribution in [3.8, 4) is 11.5 Å². The molecule has 5 heteroatoms. The lowest BCUT2D eigenvalue weighted by Crippen LogP contribution is -2.50. The molecule has 102 valence electrons. The number of nitrogens with zero attached hydrogens (tertiary/aromatic N) is 1. The summed E-state index contributed by atoms with van der Waals surface area (Å²) in [6.07, 6.45) is 1.84. The molecule has 0 saturated heterocycles. The molecule has 0 spiro atoms. The largest absolute Gasteiger partial charge is 0.454 e. The van der Waals surface area contributed by atoms with Crippen LogP contribution in [0, 0.1) is 0 Å². The molecule has 0 radical (unpaired) electrons. The van der Waals surface area contributed by atoms with Crippen molar-refractivity contribution in [3.05, 3.63) is 23.3 Å². The molecule has 3 rings (SSSR count). The standard InChI is InChI=1S/C14H18N2O3/c1-3-13(15-2)16-5-4-9-6-11-12(19-8-18-11)7-10(9)14(16)17/h6-7,13,15H,3-5,8H2,1-2H3. The number of ether oxygens (including phenoxy) is 2. The molecule has 0 bridgehead atoms. The lowest BCUT2D eigenvalue weighted by Gasteiger charge is -2.34. The molecule has 1 aromatic carbocycles. The van der Waals surface area contributed by atoms with E-state index in [2.05, 4.69) is 12.2 Å². The third-order valence-corrected chi connectivity index (χ3v) is 3.81. The molecule has 2 heterocycles. The molecule has 0 saturated carbocycles. The predicted octanol–water partition coefficient (Wildman–Crippen LogP) is 1.37. The fourth-order valence-electron chi connectivity index (χ4n) is 2.76. The van der Waals surface area contributed by atoms with Gasteiger partial charge in [-0.1, -0.05) is 6.92 Å². The SMILES string of the molecule is CCC(NC)N1CCc2cc3c(cc2C1=O)OCO3. The van der Waals surface area contributed by atoms with Gasteiger partial charge in [-0.05, 0) is 37.6 Å². The van der Waals surface area contributed by atoms with Gasteiger partial charge in [0.2, 0.25) is 6.79 Å². The van der Waals surface area contributed by atoms with Gasteiger partial charge in [-0.3, -0.25) is 4.79 Å². The van der Waals surface area contributed by atoms with Gasteiger partial charge in [0, 0.05) is 12.1 Å². The first-order chi connectivity index (χ1) is 9.24. The molecular formula is C14H18N2O3. The Hall–Kier alpha value is -1.75. The second kappa shape index (κ2) is 4.74. The van der Waals surface area contributed by atoms with E-state index in [1.54, 1.807) is 0 Å². The fourth-order valence-corrected chi connectivity index (χ4v) is 2.76. The van der Waals surface area contributed by atoms with Crippen molar-refractivity contribution >= 4 is 5.91 Å². The summed E-state index contributed by atoms with van der Waals surface area (Å²) in [4.78, 5) is 14.5. The van der Waals surface area contributed by atoms with Crippen LogP contribution in [0.3, 0.4) is 0 Å². The zero-order chi connectivity index (χ0) is 13.4. The van der Waals surface area contributed by atoms with Crippen molar-refractivity contribution in [1.29, 1.82) is 0 Å². The Balaban J connectivity index is 1.95. The van der Waals surface area contributed by atoms with Gasteiger partial charge in [0.05, 0.1) is 6.17 Å². The first-order valence-electron chi connectivity index (χ1n) is 6.65. The minimum Gasteiger partial charge on any atom is -0.454 e. The minimum absolute atomic E-state index is 0.0701. The molecule has 2 aliphatic rings. The van der Waals surface area contributed by atoms with Crippen molar-refractivity contribution in [3.63, 3.8) is 0 Å². The van der Waals surface area contributed by atoms with Crippen LogP contribution in [0.1, 0.15) is 29.3 Å². The summed E-state index contributed by atoms with van der Waals surface area (Å²) in [5.74, 6) is 1.49. The van der Waals surface area contributed by atoms with E-state index in [9.17, 15) is 4.79 Å². The Kier molecular flexibility index (Phi) is 3.06. The van der Waals surface area contributed by atoms with Crippen LogP contribution in [-0.2, 0) is 6.42 Å². The van der Waals surface area contributed by atoms with E-state index in [4.69, 9.17) is 9.47 Å². The van der Waals surface area contributed by atoms with E-state index in [-0.39, 0.29) is 18.9 Å². The number of amides is 1. The van der Waals surface area contributed by atoms with Crippen LogP contribution in [0.2, 0.25) is 0 Å². The number of rotatable bonds is 3. The number of carbonyl (C=O) groups is 1. The number of nitrogens with one attached hydrogen (secondary N) is 1. The number of carbonyl (C=O) groups excluding carboxylic acids is 1. The summed E-state index contributed by atoms with van der Waals surface area (Å²) >= 11 is 0. The quantitative estimate of drug-likeness (QED) is 0.894. The molecule has 1 atom stereocenters. The van der Waals surface area contributed by atoms with Crippen molar-refractivity contribution in [1.82, 2.24) is 10.2 Å². The van der Waals surface area contributed by atoms with E-state index >= 15 is 0 Å². The smallest absolute Gasteiger partial charge is 0.255 e. The van der Waals surface area contributed by atoms with Crippen molar-refractivity contribution in [2.45, 2.75) is 25.9 Å². The Labute approximate surface area is 112 Å². The van der Waals surface area contributed by atoms with E-state index < -0.39 is 0 Å². The van der Waals surface area contributed by atoms with Gasteiger partial charge in [0.25, 0.3) is 5.91 Å². The average Bonchev–Trinajstić information content (AvgIpc) is 2.88. The van der Waals surface area contributed by atoms with Gasteiger partial charge >= 0.3 is 0 Å². The van der Waals surface area contributed by atoms with Crippen LogP contribution in [0.5, 0.6) is 11.5 Å². The molecule has 0 aliphatic carbocycles. The predicted molar refractivity (Wildman–Crippen MR) is 70.4 cm³/mol. The Morgan fingerprint density at radius 3 is 2.79 bits per heavy atom. The monoisotopic (exact) mass is 262 g/mol. The molecule has 1 N–H and O–H groups in total. The molecule has 0 aromatic heterocycles. The third kappa shape index (κ3) is 1.94. The van der Waals surface area contributed by atoms with Gasteiger partial charge in [0.1, 0.15) is 0 Å². The zero-order valence-corrected chi connectivity index (χ0v) is 11.2. The van der Waals surface area contributed by atoms with Gasteiger partial charge < -0.3 is 19.7 Å². The molecule has 2 aliphatic heterocycles. The average molecular weight is 262 g/mol. The summed E-state index contributed by atoms with van der Waals surface area (Å²) in [5.41, 5.74) is 1.79. The van der Waals surface area contributed by atoms with Crippen LogP contribution >= 0.6 is 0 Å². The van der Waals surface area contributed by atoms with Crippen LogP contribution in [0.15, 0.2) is 12.1 Å². The molecule has 19 heavy (non-hydrogen) atoms. The van der Waals surface area contributed by atoms with E-state index in [1.165, 1.54) is 0 Å². The van der Waals surface area contributed by atoms with Gasteiger partial charge in [0.15, 0.2) is 11.5 Å². The summed E-state index contributed by atoms with van der Waals surface area (Å²) < 4.78 is 10.7. The maximum Gasteiger partial charge on any atom is 0.255 e. The van der Waals surface area contributed by atoms with Gasteiger partial charge in [-0.15, -0.1) is 0 Å². The summed E-state index contributed by atoms with van der Waals surface area (Å²) in [6, 6.07) is 3.75. The Morgan fingerprint density at radius 2 is 2.11 bits per heavy atom. The Bertz CT molecular complexity index is 512. The summed E-state index contributed by atoms with van der Waals surface area (Å²) in [7, 11) is 1.89. The maximum absolute atomic E-state index is 12.6. The minimum atomic E-state index is 0.0701. The highest BCUT2D eigenvalue weighted by molar-refractivity contribution is 5.97. The van der Waals surface area contributed by atoms with Crippen LogP contribution in [0.4, 0.5) is 0 Å². The molecular weight excluding hydrogens is 244 g/mol. The normalized spacial score (nSPS) is 18.4. The fraction of sp³-hybridized carbons (Fsp3) is 0.500. The lowest BCUT2D eigenvalue weighted by molar-refractivity contribution is 0.0624. The first kappa shape index (κ1) is 12.3. The van der Waals surface area contributed by atoms with E-state index in [0.717, 1.165) is 36.3 Å². The van der Waals surface area contributed by atoms with Crippen LogP contribution in [0.25, 0.3) is 0 Å².